The molecule has 2 N–H and O–H groups in total. The molecule has 0 atom stereocenters. The molecule has 0 bridgehead atoms. The van der Waals surface area contributed by atoms with Crippen LogP contribution >= 0.6 is 23.1 Å². The molecule has 0 aliphatic heterocycles. The molecule has 16 heavy (non-hydrogen) atoms. The third-order valence-electron chi connectivity index (χ3n) is 1.90. The van der Waals surface area contributed by atoms with Crippen LogP contribution in [0.3, 0.4) is 0 Å². The molecule has 0 aliphatic rings. The molecule has 0 radical (unpaired) electrons. The minimum Gasteiger partial charge on any atom is -0.402 e. The molecule has 1 aromatic carbocycles. The van der Waals surface area contributed by atoms with E-state index < -0.39 is 0 Å². The fraction of sp³-hybridized carbons (Fsp3) is 0.0909. The highest BCUT2D eigenvalue weighted by Crippen LogP contribution is 2.21. The van der Waals surface area contributed by atoms with Crippen molar-refractivity contribution in [2.24, 2.45) is 5.73 Å². The number of nitrogens with two attached hydrogens (primary N) is 1. The van der Waals surface area contributed by atoms with Crippen LogP contribution in [0.4, 0.5) is 0 Å². The minimum atomic E-state index is 0.703. The van der Waals surface area contributed by atoms with Gasteiger partial charge >= 0.3 is 0 Å². The highest BCUT2D eigenvalue weighted by atomic mass is 35.5. The summed E-state index contributed by atoms with van der Waals surface area (Å²) < 4.78 is 4.26. The Labute approximate surface area is 103 Å². The van der Waals surface area contributed by atoms with Crippen LogP contribution in [-0.4, -0.2) is 9.36 Å². The van der Waals surface area contributed by atoms with Crippen LogP contribution in [0, 0.1) is 0 Å². The van der Waals surface area contributed by atoms with Gasteiger partial charge in [0.25, 0.3) is 0 Å². The van der Waals surface area contributed by atoms with Crippen molar-refractivity contribution in [3.8, 4) is 11.4 Å². The summed E-state index contributed by atoms with van der Waals surface area (Å²) in [5, 5.41) is 1.52. The predicted molar refractivity (Wildman–Crippen MR) is 68.2 cm³/mol. The van der Waals surface area contributed by atoms with Crippen molar-refractivity contribution in [1.29, 1.82) is 0 Å². The fourth-order valence-electron chi connectivity index (χ4n) is 1.20. The van der Waals surface area contributed by atoms with E-state index in [4.69, 9.17) is 17.3 Å². The Bertz CT molecular complexity index is 512. The summed E-state index contributed by atoms with van der Waals surface area (Å²) in [6, 6.07) is 7.43. The van der Waals surface area contributed by atoms with Gasteiger partial charge in [0.05, 0.1) is 0 Å². The van der Waals surface area contributed by atoms with Crippen molar-refractivity contribution in [3.05, 3.63) is 40.0 Å². The number of hydrogen-bond donors (Lipinski definition) is 1. The van der Waals surface area contributed by atoms with E-state index >= 15 is 0 Å². The van der Waals surface area contributed by atoms with Gasteiger partial charge in [0.2, 0.25) is 0 Å². The Morgan fingerprint density at radius 2 is 2.06 bits per heavy atom. The van der Waals surface area contributed by atoms with Crippen molar-refractivity contribution < 1.29 is 0 Å². The van der Waals surface area contributed by atoms with E-state index in [1.165, 1.54) is 11.5 Å². The summed E-state index contributed by atoms with van der Waals surface area (Å²) in [5.74, 6) is 0.703. The van der Waals surface area contributed by atoms with Gasteiger partial charge in [-0.3, -0.25) is 0 Å². The van der Waals surface area contributed by atoms with Gasteiger partial charge in [-0.05, 0) is 48.8 Å². The van der Waals surface area contributed by atoms with Gasteiger partial charge in [-0.15, -0.1) is 0 Å². The van der Waals surface area contributed by atoms with Crippen LogP contribution in [0.15, 0.2) is 30.0 Å². The first-order valence-corrected chi connectivity index (χ1v) is 5.84. The zero-order valence-corrected chi connectivity index (χ0v) is 10.2. The molecule has 1 heterocycles. The summed E-state index contributed by atoms with van der Waals surface area (Å²) in [4.78, 5) is 4.36. The molecule has 0 spiro atoms. The lowest BCUT2D eigenvalue weighted by atomic mass is 10.2. The average Bonchev–Trinajstić information content (AvgIpc) is 2.66. The Morgan fingerprint density at radius 3 is 2.69 bits per heavy atom. The lowest BCUT2D eigenvalue weighted by molar-refractivity contribution is 1.29. The number of hydrogen-bond acceptors (Lipinski definition) is 4. The van der Waals surface area contributed by atoms with Crippen LogP contribution in [0.5, 0.6) is 0 Å². The maximum absolute atomic E-state index is 5.81. The van der Waals surface area contributed by atoms with Gasteiger partial charge in [0, 0.05) is 16.3 Å². The zero-order chi connectivity index (χ0) is 11.5. The lowest BCUT2D eigenvalue weighted by Crippen LogP contribution is -1.89. The standard InChI is InChI=1S/C11H10ClN3S/c1-7(13)6-10-14-11(15-16-10)8-2-4-9(12)5-3-8/h2-6H,13H2,1H3. The first-order valence-electron chi connectivity index (χ1n) is 4.68. The number of allylic oxidation sites excluding steroid dienone is 1. The van der Waals surface area contributed by atoms with Gasteiger partial charge in [-0.1, -0.05) is 11.6 Å². The molecule has 1 aromatic heterocycles. The first kappa shape index (κ1) is 11.1. The molecule has 3 nitrogen and oxygen atoms in total. The molecule has 0 saturated heterocycles. The van der Waals surface area contributed by atoms with Crippen molar-refractivity contribution in [2.75, 3.05) is 0 Å². The topological polar surface area (TPSA) is 51.8 Å². The highest BCUT2D eigenvalue weighted by molar-refractivity contribution is 7.06. The van der Waals surface area contributed by atoms with Gasteiger partial charge in [0.15, 0.2) is 5.82 Å². The molecule has 2 aromatic rings. The average molecular weight is 252 g/mol. The second kappa shape index (κ2) is 4.63. The van der Waals surface area contributed by atoms with E-state index in [9.17, 15) is 0 Å². The second-order valence-corrected chi connectivity index (χ2v) is 4.57. The van der Waals surface area contributed by atoms with E-state index in [0.29, 0.717) is 10.8 Å². The number of benzene rings is 1. The maximum Gasteiger partial charge on any atom is 0.173 e. The van der Waals surface area contributed by atoms with Gasteiger partial charge in [-0.25, -0.2) is 4.98 Å². The molecule has 0 aliphatic carbocycles. The Hall–Kier alpha value is -1.39. The van der Waals surface area contributed by atoms with E-state index in [0.717, 1.165) is 16.3 Å². The smallest absolute Gasteiger partial charge is 0.173 e. The Kier molecular flexibility index (Phi) is 3.22. The van der Waals surface area contributed by atoms with Gasteiger partial charge < -0.3 is 5.73 Å². The summed E-state index contributed by atoms with van der Waals surface area (Å²) >= 11 is 7.14. The lowest BCUT2D eigenvalue weighted by Gasteiger charge is -1.94. The summed E-state index contributed by atoms with van der Waals surface area (Å²) in [6.07, 6.45) is 1.80. The molecule has 0 unspecified atom stereocenters. The molecular formula is C11H10ClN3S. The van der Waals surface area contributed by atoms with Crippen LogP contribution in [0.25, 0.3) is 17.5 Å². The van der Waals surface area contributed by atoms with Crippen LogP contribution in [-0.2, 0) is 0 Å². The quantitative estimate of drug-likeness (QED) is 0.892. The minimum absolute atomic E-state index is 0.703. The summed E-state index contributed by atoms with van der Waals surface area (Å²) in [7, 11) is 0. The molecule has 5 heteroatoms. The van der Waals surface area contributed by atoms with E-state index in [2.05, 4.69) is 9.36 Å². The normalized spacial score (nSPS) is 11.8. The third-order valence-corrected chi connectivity index (χ3v) is 2.81. The van der Waals surface area contributed by atoms with Crippen LogP contribution < -0.4 is 5.73 Å². The van der Waals surface area contributed by atoms with E-state index in [1.807, 2.05) is 31.2 Å². The predicted octanol–water partition coefficient (Wildman–Crippen LogP) is 3.18. The zero-order valence-electron chi connectivity index (χ0n) is 8.64. The Morgan fingerprint density at radius 1 is 1.38 bits per heavy atom. The monoisotopic (exact) mass is 251 g/mol. The second-order valence-electron chi connectivity index (χ2n) is 3.35. The fourth-order valence-corrected chi connectivity index (χ4v) is 2.02. The highest BCUT2D eigenvalue weighted by Gasteiger charge is 2.04. The number of halogens is 1. The maximum atomic E-state index is 5.81. The van der Waals surface area contributed by atoms with Crippen LogP contribution in [0.1, 0.15) is 11.9 Å². The Balaban J connectivity index is 2.31. The van der Waals surface area contributed by atoms with Crippen molar-refractivity contribution in [3.63, 3.8) is 0 Å². The van der Waals surface area contributed by atoms with Crippen LogP contribution in [0.2, 0.25) is 5.02 Å². The number of aromatic nitrogens is 2. The van der Waals surface area contributed by atoms with E-state index in [-0.39, 0.29) is 0 Å². The number of nitrogens with zero attached hydrogens (tertiary/aromatic N) is 2. The molecular weight excluding hydrogens is 242 g/mol. The molecule has 0 saturated carbocycles. The van der Waals surface area contributed by atoms with E-state index in [1.54, 1.807) is 6.08 Å². The van der Waals surface area contributed by atoms with Crippen molar-refractivity contribution in [2.45, 2.75) is 6.92 Å². The molecule has 2 rings (SSSR count). The van der Waals surface area contributed by atoms with Crippen molar-refractivity contribution >= 4 is 29.2 Å². The summed E-state index contributed by atoms with van der Waals surface area (Å²) in [5.41, 5.74) is 7.25. The van der Waals surface area contributed by atoms with Gasteiger partial charge in [0.1, 0.15) is 5.01 Å². The van der Waals surface area contributed by atoms with Crippen molar-refractivity contribution in [1.82, 2.24) is 9.36 Å². The SMILES string of the molecule is CC(N)=Cc1nc(-c2ccc(Cl)cc2)ns1. The first-order chi connectivity index (χ1) is 7.65. The summed E-state index contributed by atoms with van der Waals surface area (Å²) in [6.45, 7) is 1.82. The molecule has 82 valence electrons. The molecule has 0 amide bonds. The molecule has 0 fully saturated rings. The third kappa shape index (κ3) is 2.59. The largest absolute Gasteiger partial charge is 0.402 e. The number of rotatable bonds is 2. The van der Waals surface area contributed by atoms with Gasteiger partial charge in [-0.2, -0.15) is 4.37 Å².